The molecule has 8 nitrogen and oxygen atoms in total. The molecule has 2 aromatic heterocycles. The quantitative estimate of drug-likeness (QED) is 0.553. The smallest absolute Gasteiger partial charge is 0.255 e. The van der Waals surface area contributed by atoms with Crippen LogP contribution in [0.2, 0.25) is 0 Å². The molecule has 166 valence electrons. The Bertz CT molecular complexity index is 1180. The molecule has 1 aliphatic heterocycles. The first-order chi connectivity index (χ1) is 15.4. The standard InChI is InChI=1S/C23H25FN6O2/c1-14-21-19(29(3)22(15(2)32-4)23(31)28-21)9-20(27-14)25-10-17-11-26-30(13-17)12-16-6-5-7-18(24)8-16/h5-9,11,13,22H,2,10,12H2,1,3-4H3,(H,25,27)(H,28,31). The van der Waals surface area contributed by atoms with Gasteiger partial charge >= 0.3 is 0 Å². The van der Waals surface area contributed by atoms with Crippen LogP contribution in [-0.2, 0) is 22.6 Å². The number of carbonyl (C=O) groups excluding carboxylic acids is 1. The highest BCUT2D eigenvalue weighted by atomic mass is 19.1. The lowest BCUT2D eigenvalue weighted by molar-refractivity contribution is -0.117. The van der Waals surface area contributed by atoms with Gasteiger partial charge in [0.05, 0.1) is 36.9 Å². The van der Waals surface area contributed by atoms with Crippen molar-refractivity contribution in [1.29, 1.82) is 0 Å². The minimum atomic E-state index is -0.622. The van der Waals surface area contributed by atoms with Crippen LogP contribution in [0.25, 0.3) is 0 Å². The van der Waals surface area contributed by atoms with Crippen LogP contribution < -0.4 is 15.5 Å². The Morgan fingerprint density at radius 2 is 2.16 bits per heavy atom. The summed E-state index contributed by atoms with van der Waals surface area (Å²) in [4.78, 5) is 18.9. The van der Waals surface area contributed by atoms with Crippen LogP contribution in [0.1, 0.15) is 16.8 Å². The number of hydrogen-bond acceptors (Lipinski definition) is 6. The number of fused-ring (bicyclic) bond motifs is 1. The van der Waals surface area contributed by atoms with Crippen LogP contribution >= 0.6 is 0 Å². The molecule has 1 atom stereocenters. The molecule has 0 saturated carbocycles. The van der Waals surface area contributed by atoms with E-state index in [9.17, 15) is 9.18 Å². The summed E-state index contributed by atoms with van der Waals surface area (Å²) < 4.78 is 20.4. The second-order valence-corrected chi connectivity index (χ2v) is 7.69. The zero-order valence-corrected chi connectivity index (χ0v) is 18.2. The highest BCUT2D eigenvalue weighted by Crippen LogP contribution is 2.36. The molecule has 0 aliphatic carbocycles. The third-order valence-corrected chi connectivity index (χ3v) is 5.40. The molecule has 32 heavy (non-hydrogen) atoms. The zero-order chi connectivity index (χ0) is 22.8. The number of likely N-dealkylation sites (N-methyl/N-ethyl adjacent to an activating group) is 1. The fraction of sp³-hybridized carbons (Fsp3) is 0.261. The summed E-state index contributed by atoms with van der Waals surface area (Å²) in [5.74, 6) is 0.570. The number of ether oxygens (including phenoxy) is 1. The maximum atomic E-state index is 13.4. The van der Waals surface area contributed by atoms with Crippen molar-refractivity contribution in [1.82, 2.24) is 14.8 Å². The van der Waals surface area contributed by atoms with Gasteiger partial charge in [0.1, 0.15) is 17.4 Å². The summed E-state index contributed by atoms with van der Waals surface area (Å²) in [6.45, 7) is 6.69. The van der Waals surface area contributed by atoms with Crippen LogP contribution in [0, 0.1) is 12.7 Å². The summed E-state index contributed by atoms with van der Waals surface area (Å²) in [6.07, 6.45) is 3.68. The maximum absolute atomic E-state index is 13.4. The molecule has 0 spiro atoms. The molecular weight excluding hydrogens is 411 g/mol. The van der Waals surface area contributed by atoms with Crippen molar-refractivity contribution < 1.29 is 13.9 Å². The molecule has 0 fully saturated rings. The molecule has 4 rings (SSSR count). The predicted molar refractivity (Wildman–Crippen MR) is 121 cm³/mol. The molecule has 9 heteroatoms. The van der Waals surface area contributed by atoms with E-state index in [-0.39, 0.29) is 11.7 Å². The van der Waals surface area contributed by atoms with E-state index in [1.165, 1.54) is 19.2 Å². The van der Waals surface area contributed by atoms with Crippen molar-refractivity contribution in [3.05, 3.63) is 77.7 Å². The number of methoxy groups -OCH3 is 1. The zero-order valence-electron chi connectivity index (χ0n) is 18.2. The number of aromatic nitrogens is 3. The average Bonchev–Trinajstić information content (AvgIpc) is 3.20. The van der Waals surface area contributed by atoms with Crippen LogP contribution in [0.15, 0.2) is 55.1 Å². The van der Waals surface area contributed by atoms with Gasteiger partial charge < -0.3 is 20.3 Å². The van der Waals surface area contributed by atoms with Crippen LogP contribution in [-0.4, -0.2) is 40.9 Å². The molecule has 3 heterocycles. The van der Waals surface area contributed by atoms with Gasteiger partial charge in [-0.3, -0.25) is 9.48 Å². The largest absolute Gasteiger partial charge is 0.499 e. The van der Waals surface area contributed by atoms with E-state index in [1.54, 1.807) is 16.9 Å². The molecule has 0 bridgehead atoms. The van der Waals surface area contributed by atoms with E-state index in [0.29, 0.717) is 36.0 Å². The first kappa shape index (κ1) is 21.4. The molecule has 1 aromatic carbocycles. The molecule has 0 saturated heterocycles. The van der Waals surface area contributed by atoms with Gasteiger partial charge in [0.25, 0.3) is 5.91 Å². The molecule has 1 amide bonds. The van der Waals surface area contributed by atoms with Crippen LogP contribution in [0.5, 0.6) is 0 Å². The van der Waals surface area contributed by atoms with Gasteiger partial charge in [-0.05, 0) is 24.6 Å². The van der Waals surface area contributed by atoms with Gasteiger partial charge in [0, 0.05) is 31.4 Å². The van der Waals surface area contributed by atoms with Crippen molar-refractivity contribution in [2.45, 2.75) is 26.1 Å². The topological polar surface area (TPSA) is 84.3 Å². The number of halogens is 1. The fourth-order valence-electron chi connectivity index (χ4n) is 3.76. The summed E-state index contributed by atoms with van der Waals surface area (Å²) in [7, 11) is 3.32. The average molecular weight is 436 g/mol. The third kappa shape index (κ3) is 4.27. The molecular formula is C23H25FN6O2. The minimum Gasteiger partial charge on any atom is -0.499 e. The lowest BCUT2D eigenvalue weighted by Crippen LogP contribution is -2.47. The highest BCUT2D eigenvalue weighted by molar-refractivity contribution is 6.05. The summed E-state index contributed by atoms with van der Waals surface area (Å²) in [5, 5.41) is 10.6. The van der Waals surface area contributed by atoms with E-state index in [2.05, 4.69) is 27.3 Å². The van der Waals surface area contributed by atoms with Gasteiger partial charge in [-0.15, -0.1) is 0 Å². The Kier molecular flexibility index (Phi) is 5.81. The summed E-state index contributed by atoms with van der Waals surface area (Å²) in [5.41, 5.74) is 4.01. The molecule has 1 unspecified atom stereocenters. The van der Waals surface area contributed by atoms with Gasteiger partial charge in [-0.1, -0.05) is 18.7 Å². The molecule has 2 N–H and O–H groups in total. The Morgan fingerprint density at radius 1 is 1.34 bits per heavy atom. The van der Waals surface area contributed by atoms with Crippen molar-refractivity contribution in [2.24, 2.45) is 0 Å². The number of aryl methyl sites for hydroxylation is 1. The lowest BCUT2D eigenvalue weighted by Gasteiger charge is -2.36. The first-order valence-corrected chi connectivity index (χ1v) is 10.1. The highest BCUT2D eigenvalue weighted by Gasteiger charge is 2.35. The lowest BCUT2D eigenvalue weighted by atomic mass is 10.1. The second-order valence-electron chi connectivity index (χ2n) is 7.69. The van der Waals surface area contributed by atoms with Gasteiger partial charge in [-0.25, -0.2) is 9.37 Å². The van der Waals surface area contributed by atoms with Crippen molar-refractivity contribution in [3.8, 4) is 0 Å². The molecule has 1 aliphatic rings. The van der Waals surface area contributed by atoms with Gasteiger partial charge in [0.2, 0.25) is 0 Å². The number of pyridine rings is 1. The van der Waals surface area contributed by atoms with Crippen molar-refractivity contribution >= 4 is 23.1 Å². The Morgan fingerprint density at radius 3 is 2.91 bits per heavy atom. The van der Waals surface area contributed by atoms with Crippen LogP contribution in [0.4, 0.5) is 21.6 Å². The molecule has 3 aromatic rings. The number of nitrogens with zero attached hydrogens (tertiary/aromatic N) is 4. The van der Waals surface area contributed by atoms with E-state index in [0.717, 1.165) is 16.8 Å². The van der Waals surface area contributed by atoms with Crippen LogP contribution in [0.3, 0.4) is 0 Å². The molecule has 0 radical (unpaired) electrons. The Labute approximate surface area is 185 Å². The summed E-state index contributed by atoms with van der Waals surface area (Å²) in [6, 6.07) is 7.74. The number of carbonyl (C=O) groups is 1. The van der Waals surface area contributed by atoms with Gasteiger partial charge in [-0.2, -0.15) is 5.10 Å². The predicted octanol–water partition coefficient (Wildman–Crippen LogP) is 3.30. The number of anilines is 3. The number of hydrogen-bond donors (Lipinski definition) is 2. The normalized spacial score (nSPS) is 15.2. The van der Waals surface area contributed by atoms with E-state index in [1.807, 2.05) is 37.2 Å². The first-order valence-electron chi connectivity index (χ1n) is 10.1. The third-order valence-electron chi connectivity index (χ3n) is 5.40. The second kappa shape index (κ2) is 8.70. The van der Waals surface area contributed by atoms with Crippen molar-refractivity contribution in [3.63, 3.8) is 0 Å². The van der Waals surface area contributed by atoms with E-state index < -0.39 is 6.04 Å². The maximum Gasteiger partial charge on any atom is 0.255 e. The Balaban J connectivity index is 1.48. The van der Waals surface area contributed by atoms with Crippen molar-refractivity contribution in [2.75, 3.05) is 29.7 Å². The monoisotopic (exact) mass is 436 g/mol. The van der Waals surface area contributed by atoms with E-state index in [4.69, 9.17) is 4.74 Å². The number of benzene rings is 1. The number of rotatable bonds is 7. The number of amides is 1. The number of nitrogens with one attached hydrogen (secondary N) is 2. The fourth-order valence-corrected chi connectivity index (χ4v) is 3.76. The SMILES string of the molecule is C=C(OC)C1C(=O)Nc2c(cc(NCc3cnn(Cc4cccc(F)c4)c3)nc2C)N1C. The minimum absolute atomic E-state index is 0.205. The van der Waals surface area contributed by atoms with E-state index >= 15 is 0 Å². The van der Waals surface area contributed by atoms with Gasteiger partial charge in [0.15, 0.2) is 6.04 Å². The Hall–Kier alpha value is -3.88. The summed E-state index contributed by atoms with van der Waals surface area (Å²) >= 11 is 0.